The molecule has 3 rings (SSSR count). The Labute approximate surface area is 188 Å². The average molecular weight is 526 g/mol. The van der Waals surface area contributed by atoms with Crippen LogP contribution >= 0.6 is 34.2 Å². The van der Waals surface area contributed by atoms with Gasteiger partial charge < -0.3 is 14.2 Å². The summed E-state index contributed by atoms with van der Waals surface area (Å²) in [4.78, 5) is 18.9. The van der Waals surface area contributed by atoms with Gasteiger partial charge in [0.1, 0.15) is 12.3 Å². The van der Waals surface area contributed by atoms with Gasteiger partial charge in [0.25, 0.3) is 5.91 Å². The van der Waals surface area contributed by atoms with Crippen molar-refractivity contribution in [2.75, 3.05) is 6.61 Å². The van der Waals surface area contributed by atoms with Crippen LogP contribution in [0.4, 0.5) is 0 Å². The molecule has 0 saturated carbocycles. The zero-order valence-corrected chi connectivity index (χ0v) is 19.3. The van der Waals surface area contributed by atoms with E-state index in [9.17, 15) is 4.79 Å². The lowest BCUT2D eigenvalue weighted by molar-refractivity contribution is -0.139. The molecular formula is C21H21ClIN3O3. The molecule has 6 nitrogen and oxygen atoms in total. The maximum Gasteiger partial charge on any atom is 0.261 e. The first-order chi connectivity index (χ1) is 13.7. The molecule has 0 spiro atoms. The number of carbonyl (C=O) groups excluding carboxylic acids is 1. The molecule has 1 aromatic heterocycles. The number of nitrogens with zero attached hydrogens (tertiary/aromatic N) is 3. The lowest BCUT2D eigenvalue weighted by Crippen LogP contribution is -2.47. The van der Waals surface area contributed by atoms with Crippen LogP contribution in [0.5, 0.6) is 5.75 Å². The standard InChI is InChI=1S/C21H21ClIN3O3/c1-21(2,3)26(19(27)13-28-17-10-8-16(23)9-11-17)12-18-24-20(25-29-18)14-4-6-15(22)7-5-14/h4-11H,12-13H2,1-3H3. The predicted molar refractivity (Wildman–Crippen MR) is 120 cm³/mol. The van der Waals surface area contributed by atoms with Crippen molar-refractivity contribution in [1.29, 1.82) is 0 Å². The molecule has 8 heteroatoms. The first kappa shape index (κ1) is 21.6. The molecule has 1 amide bonds. The predicted octanol–water partition coefficient (Wildman–Crippen LogP) is 5.20. The van der Waals surface area contributed by atoms with E-state index in [1.165, 1.54) is 0 Å². The zero-order valence-electron chi connectivity index (χ0n) is 16.4. The van der Waals surface area contributed by atoms with Crippen molar-refractivity contribution >= 4 is 40.1 Å². The summed E-state index contributed by atoms with van der Waals surface area (Å²) < 4.78 is 12.1. The Balaban J connectivity index is 1.70. The molecule has 0 unspecified atom stereocenters. The van der Waals surface area contributed by atoms with Crippen molar-refractivity contribution in [3.63, 3.8) is 0 Å². The first-order valence-electron chi connectivity index (χ1n) is 9.00. The molecular weight excluding hydrogens is 505 g/mol. The number of hydrogen-bond acceptors (Lipinski definition) is 5. The molecule has 0 fully saturated rings. The lowest BCUT2D eigenvalue weighted by atomic mass is 10.1. The minimum absolute atomic E-state index is 0.0734. The number of carbonyl (C=O) groups is 1. The van der Waals surface area contributed by atoms with Gasteiger partial charge in [-0.15, -0.1) is 0 Å². The summed E-state index contributed by atoms with van der Waals surface area (Å²) in [6.45, 7) is 5.97. The van der Waals surface area contributed by atoms with E-state index in [0.717, 1.165) is 9.13 Å². The highest BCUT2D eigenvalue weighted by atomic mass is 127. The van der Waals surface area contributed by atoms with Gasteiger partial charge in [0.2, 0.25) is 11.7 Å². The van der Waals surface area contributed by atoms with Crippen LogP contribution in [0.15, 0.2) is 53.1 Å². The van der Waals surface area contributed by atoms with Gasteiger partial charge in [-0.1, -0.05) is 16.8 Å². The number of halogens is 2. The highest BCUT2D eigenvalue weighted by Gasteiger charge is 2.29. The Morgan fingerprint density at radius 3 is 2.41 bits per heavy atom. The Hall–Kier alpha value is -2.13. The third kappa shape index (κ3) is 5.93. The molecule has 29 heavy (non-hydrogen) atoms. The van der Waals surface area contributed by atoms with Gasteiger partial charge in [-0.25, -0.2) is 0 Å². The number of amides is 1. The lowest BCUT2D eigenvalue weighted by Gasteiger charge is -2.34. The largest absolute Gasteiger partial charge is 0.484 e. The molecule has 0 aliphatic rings. The smallest absolute Gasteiger partial charge is 0.261 e. The Morgan fingerprint density at radius 1 is 1.14 bits per heavy atom. The first-order valence-corrected chi connectivity index (χ1v) is 10.5. The second kappa shape index (κ2) is 9.13. The highest BCUT2D eigenvalue weighted by molar-refractivity contribution is 14.1. The van der Waals surface area contributed by atoms with Crippen molar-refractivity contribution < 1.29 is 14.1 Å². The van der Waals surface area contributed by atoms with E-state index in [2.05, 4.69) is 32.7 Å². The number of ether oxygens (including phenoxy) is 1. The fourth-order valence-electron chi connectivity index (χ4n) is 2.62. The van der Waals surface area contributed by atoms with Crippen molar-refractivity contribution in [2.24, 2.45) is 0 Å². The summed E-state index contributed by atoms with van der Waals surface area (Å²) in [5.41, 5.74) is 0.349. The van der Waals surface area contributed by atoms with E-state index in [-0.39, 0.29) is 19.1 Å². The summed E-state index contributed by atoms with van der Waals surface area (Å²) in [5.74, 6) is 1.29. The summed E-state index contributed by atoms with van der Waals surface area (Å²) in [7, 11) is 0. The van der Waals surface area contributed by atoms with Crippen LogP contribution in [-0.4, -0.2) is 33.1 Å². The zero-order chi connectivity index (χ0) is 21.0. The SMILES string of the molecule is CC(C)(C)N(Cc1nc(-c2ccc(Cl)cc2)no1)C(=O)COc1ccc(I)cc1. The average Bonchev–Trinajstić information content (AvgIpc) is 3.14. The van der Waals surface area contributed by atoms with Crippen molar-refractivity contribution in [2.45, 2.75) is 32.9 Å². The second-order valence-electron chi connectivity index (χ2n) is 7.41. The van der Waals surface area contributed by atoms with Gasteiger partial charge in [0.15, 0.2) is 6.61 Å². The molecule has 0 atom stereocenters. The minimum atomic E-state index is -0.443. The molecule has 0 saturated heterocycles. The molecule has 3 aromatic rings. The Bertz CT molecular complexity index is 966. The van der Waals surface area contributed by atoms with E-state index in [0.29, 0.717) is 22.5 Å². The van der Waals surface area contributed by atoms with E-state index in [1.54, 1.807) is 17.0 Å². The van der Waals surface area contributed by atoms with Gasteiger partial charge in [-0.2, -0.15) is 4.98 Å². The second-order valence-corrected chi connectivity index (χ2v) is 9.09. The van der Waals surface area contributed by atoms with Gasteiger partial charge >= 0.3 is 0 Å². The number of hydrogen-bond donors (Lipinski definition) is 0. The Kier molecular flexibility index (Phi) is 6.79. The molecule has 1 heterocycles. The number of rotatable bonds is 6. The van der Waals surface area contributed by atoms with Crippen LogP contribution in [-0.2, 0) is 11.3 Å². The Morgan fingerprint density at radius 2 is 1.79 bits per heavy atom. The van der Waals surface area contributed by atoms with Crippen LogP contribution in [0.1, 0.15) is 26.7 Å². The monoisotopic (exact) mass is 525 g/mol. The van der Waals surface area contributed by atoms with Crippen LogP contribution in [0.3, 0.4) is 0 Å². The summed E-state index contributed by atoms with van der Waals surface area (Å²) in [6, 6.07) is 14.7. The van der Waals surface area contributed by atoms with Crippen LogP contribution in [0.25, 0.3) is 11.4 Å². The normalized spacial score (nSPS) is 11.3. The van der Waals surface area contributed by atoms with Gasteiger partial charge in [0, 0.05) is 19.7 Å². The molecule has 0 aliphatic heterocycles. The highest BCUT2D eigenvalue weighted by Crippen LogP contribution is 2.22. The summed E-state index contributed by atoms with van der Waals surface area (Å²) in [6.07, 6.45) is 0. The van der Waals surface area contributed by atoms with E-state index < -0.39 is 5.54 Å². The van der Waals surface area contributed by atoms with E-state index >= 15 is 0 Å². The number of aromatic nitrogens is 2. The van der Waals surface area contributed by atoms with Gasteiger partial charge in [0.05, 0.1) is 0 Å². The van der Waals surface area contributed by atoms with Gasteiger partial charge in [-0.3, -0.25) is 4.79 Å². The molecule has 152 valence electrons. The maximum atomic E-state index is 12.8. The molecule has 0 N–H and O–H groups in total. The van der Waals surface area contributed by atoms with Crippen LogP contribution in [0.2, 0.25) is 5.02 Å². The minimum Gasteiger partial charge on any atom is -0.484 e. The third-order valence-electron chi connectivity index (χ3n) is 4.15. The van der Waals surface area contributed by atoms with E-state index in [4.69, 9.17) is 20.9 Å². The summed E-state index contributed by atoms with van der Waals surface area (Å²) in [5, 5.41) is 4.65. The van der Waals surface area contributed by atoms with E-state index in [1.807, 2.05) is 57.2 Å². The maximum absolute atomic E-state index is 12.8. The van der Waals surface area contributed by atoms with Crippen molar-refractivity contribution in [3.05, 3.63) is 63.0 Å². The summed E-state index contributed by atoms with van der Waals surface area (Å²) >= 11 is 8.14. The molecule has 0 aliphatic carbocycles. The van der Waals surface area contributed by atoms with Crippen molar-refractivity contribution in [3.8, 4) is 17.1 Å². The van der Waals surface area contributed by atoms with Crippen LogP contribution in [0, 0.1) is 3.57 Å². The van der Waals surface area contributed by atoms with Gasteiger partial charge in [-0.05, 0) is 91.9 Å². The molecule has 0 radical (unpaired) electrons. The van der Waals surface area contributed by atoms with Crippen molar-refractivity contribution in [1.82, 2.24) is 15.0 Å². The molecule has 2 aromatic carbocycles. The number of benzene rings is 2. The quantitative estimate of drug-likeness (QED) is 0.414. The third-order valence-corrected chi connectivity index (χ3v) is 5.12. The van der Waals surface area contributed by atoms with Crippen LogP contribution < -0.4 is 4.74 Å². The molecule has 0 bridgehead atoms. The fourth-order valence-corrected chi connectivity index (χ4v) is 3.11. The fraction of sp³-hybridized carbons (Fsp3) is 0.286. The topological polar surface area (TPSA) is 68.5 Å².